The molecule has 0 aromatic heterocycles. The Kier molecular flexibility index (Phi) is 6.92. The first kappa shape index (κ1) is 21.7. The van der Waals surface area contributed by atoms with E-state index in [9.17, 15) is 18.0 Å². The van der Waals surface area contributed by atoms with E-state index >= 15 is 0 Å². The molecule has 29 heavy (non-hydrogen) atoms. The Morgan fingerprint density at radius 2 is 1.86 bits per heavy atom. The van der Waals surface area contributed by atoms with Gasteiger partial charge in [0.15, 0.2) is 0 Å². The zero-order valence-electron chi connectivity index (χ0n) is 17.0. The number of amides is 2. The number of nitrogens with one attached hydrogen (secondary N) is 1. The van der Waals surface area contributed by atoms with Crippen LogP contribution < -0.4 is 5.32 Å². The summed E-state index contributed by atoms with van der Waals surface area (Å²) in [6.45, 7) is 3.77. The molecule has 0 spiro atoms. The summed E-state index contributed by atoms with van der Waals surface area (Å²) in [5.41, 5.74) is 0.517. The van der Waals surface area contributed by atoms with E-state index in [-0.39, 0.29) is 29.2 Å². The van der Waals surface area contributed by atoms with Crippen LogP contribution >= 0.6 is 0 Å². The third-order valence-electron chi connectivity index (χ3n) is 5.54. The first-order valence-corrected chi connectivity index (χ1v) is 11.5. The summed E-state index contributed by atoms with van der Waals surface area (Å²) in [5, 5.41) is 2.80. The van der Waals surface area contributed by atoms with Crippen molar-refractivity contribution in [3.63, 3.8) is 0 Å². The van der Waals surface area contributed by atoms with Crippen molar-refractivity contribution >= 4 is 27.5 Å². The lowest BCUT2D eigenvalue weighted by Crippen LogP contribution is -2.38. The molecule has 160 valence electrons. The quantitative estimate of drug-likeness (QED) is 0.720. The fourth-order valence-electron chi connectivity index (χ4n) is 3.87. The fourth-order valence-corrected chi connectivity index (χ4v) is 5.39. The van der Waals surface area contributed by atoms with Crippen molar-refractivity contribution in [3.05, 3.63) is 24.3 Å². The lowest BCUT2D eigenvalue weighted by atomic mass is 10.1. The van der Waals surface area contributed by atoms with Crippen LogP contribution in [0.1, 0.15) is 32.6 Å². The van der Waals surface area contributed by atoms with Gasteiger partial charge in [0.05, 0.1) is 23.5 Å². The lowest BCUT2D eigenvalue weighted by molar-refractivity contribution is -0.130. The van der Waals surface area contributed by atoms with Gasteiger partial charge in [0.1, 0.15) is 0 Å². The highest BCUT2D eigenvalue weighted by molar-refractivity contribution is 7.89. The average molecular weight is 424 g/mol. The molecule has 1 aromatic rings. The van der Waals surface area contributed by atoms with Crippen LogP contribution in [0.25, 0.3) is 0 Å². The van der Waals surface area contributed by atoms with Crippen LogP contribution in [0.2, 0.25) is 0 Å². The second-order valence-electron chi connectivity index (χ2n) is 7.73. The largest absolute Gasteiger partial charge is 0.383 e. The predicted octanol–water partition coefficient (Wildman–Crippen LogP) is 1.68. The van der Waals surface area contributed by atoms with E-state index < -0.39 is 15.9 Å². The monoisotopic (exact) mass is 423 g/mol. The molecular formula is C20H29N3O5S. The molecule has 0 bridgehead atoms. The molecule has 2 amide bonds. The maximum absolute atomic E-state index is 12.7. The zero-order chi connectivity index (χ0) is 21.0. The van der Waals surface area contributed by atoms with E-state index in [0.717, 1.165) is 19.3 Å². The Bertz CT molecular complexity index is 834. The van der Waals surface area contributed by atoms with Gasteiger partial charge in [-0.1, -0.05) is 6.42 Å². The van der Waals surface area contributed by atoms with Gasteiger partial charge in [-0.05, 0) is 44.0 Å². The second kappa shape index (κ2) is 9.23. The summed E-state index contributed by atoms with van der Waals surface area (Å²) in [6, 6.07) is 6.15. The van der Waals surface area contributed by atoms with Crippen LogP contribution in [0.4, 0.5) is 5.69 Å². The molecule has 0 radical (unpaired) electrons. The lowest BCUT2D eigenvalue weighted by Gasteiger charge is -2.26. The maximum Gasteiger partial charge on any atom is 0.243 e. The number of carbonyl (C=O) groups is 2. The first-order chi connectivity index (χ1) is 13.8. The van der Waals surface area contributed by atoms with E-state index in [4.69, 9.17) is 4.74 Å². The topological polar surface area (TPSA) is 96.0 Å². The van der Waals surface area contributed by atoms with Crippen LogP contribution in [0.15, 0.2) is 29.2 Å². The minimum Gasteiger partial charge on any atom is -0.383 e. The number of hydrogen-bond acceptors (Lipinski definition) is 5. The SMILES string of the molecule is COC[C@@H](C)N1C[C@H](C(=O)Nc2ccc(S(=O)(=O)N3CCCCC3)cc2)CC1=O. The highest BCUT2D eigenvalue weighted by Gasteiger charge is 2.36. The third kappa shape index (κ3) is 4.96. The molecule has 0 saturated carbocycles. The van der Waals surface area contributed by atoms with Gasteiger partial charge in [-0.3, -0.25) is 9.59 Å². The van der Waals surface area contributed by atoms with Crippen molar-refractivity contribution in [2.75, 3.05) is 38.7 Å². The van der Waals surface area contributed by atoms with Gasteiger partial charge < -0.3 is 15.0 Å². The van der Waals surface area contributed by atoms with Crippen molar-refractivity contribution in [3.8, 4) is 0 Å². The Labute approximate surface area is 172 Å². The van der Waals surface area contributed by atoms with E-state index in [1.165, 1.54) is 16.4 Å². The smallest absolute Gasteiger partial charge is 0.243 e. The Balaban J connectivity index is 1.61. The van der Waals surface area contributed by atoms with Crippen molar-refractivity contribution < 1.29 is 22.7 Å². The summed E-state index contributed by atoms with van der Waals surface area (Å²) in [4.78, 5) is 26.6. The highest BCUT2D eigenvalue weighted by atomic mass is 32.2. The van der Waals surface area contributed by atoms with Crippen molar-refractivity contribution in [1.82, 2.24) is 9.21 Å². The predicted molar refractivity (Wildman–Crippen MR) is 109 cm³/mol. The number of methoxy groups -OCH3 is 1. The fraction of sp³-hybridized carbons (Fsp3) is 0.600. The molecule has 9 heteroatoms. The standard InChI is InChI=1S/C20H29N3O5S/c1-15(14-28-2)23-13-16(12-19(23)24)20(25)21-17-6-8-18(9-7-17)29(26,27)22-10-4-3-5-11-22/h6-9,15-16H,3-5,10-14H2,1-2H3,(H,21,25)/t15-,16-/m1/s1. The minimum atomic E-state index is -3.50. The highest BCUT2D eigenvalue weighted by Crippen LogP contribution is 2.24. The molecule has 2 atom stereocenters. The molecule has 1 N–H and O–H groups in total. The summed E-state index contributed by atoms with van der Waals surface area (Å²) in [6.07, 6.45) is 2.99. The molecule has 2 heterocycles. The van der Waals surface area contributed by atoms with Gasteiger partial charge in [-0.25, -0.2) is 8.42 Å². The molecule has 0 unspecified atom stereocenters. The molecule has 2 fully saturated rings. The van der Waals surface area contributed by atoms with Crippen LogP contribution in [-0.2, 0) is 24.3 Å². The third-order valence-corrected chi connectivity index (χ3v) is 7.46. The number of sulfonamides is 1. The number of rotatable bonds is 7. The van der Waals surface area contributed by atoms with Crippen molar-refractivity contribution in [2.24, 2.45) is 5.92 Å². The van der Waals surface area contributed by atoms with E-state index in [1.54, 1.807) is 24.1 Å². The molecule has 2 aliphatic rings. The van der Waals surface area contributed by atoms with E-state index in [0.29, 0.717) is 31.9 Å². The Morgan fingerprint density at radius 3 is 2.48 bits per heavy atom. The number of likely N-dealkylation sites (tertiary alicyclic amines) is 1. The number of carbonyl (C=O) groups excluding carboxylic acids is 2. The second-order valence-corrected chi connectivity index (χ2v) is 9.67. The minimum absolute atomic E-state index is 0.0577. The number of ether oxygens (including phenoxy) is 1. The molecule has 2 saturated heterocycles. The first-order valence-electron chi connectivity index (χ1n) is 10.0. The van der Waals surface area contributed by atoms with Crippen LogP contribution in [0, 0.1) is 5.92 Å². The number of hydrogen-bond donors (Lipinski definition) is 1. The zero-order valence-corrected chi connectivity index (χ0v) is 17.8. The normalized spacial score (nSPS) is 21.9. The van der Waals surface area contributed by atoms with E-state index in [2.05, 4.69) is 5.32 Å². The molecule has 3 rings (SSSR count). The molecular weight excluding hydrogens is 394 g/mol. The van der Waals surface area contributed by atoms with E-state index in [1.807, 2.05) is 6.92 Å². The van der Waals surface area contributed by atoms with Gasteiger partial charge in [-0.15, -0.1) is 0 Å². The summed E-state index contributed by atoms with van der Waals surface area (Å²) >= 11 is 0. The number of nitrogens with zero attached hydrogens (tertiary/aromatic N) is 2. The maximum atomic E-state index is 12.7. The van der Waals surface area contributed by atoms with Gasteiger partial charge in [0.25, 0.3) is 0 Å². The van der Waals surface area contributed by atoms with Crippen LogP contribution in [0.5, 0.6) is 0 Å². The van der Waals surface area contributed by atoms with Gasteiger partial charge in [-0.2, -0.15) is 4.31 Å². The Morgan fingerprint density at radius 1 is 1.21 bits per heavy atom. The van der Waals surface area contributed by atoms with Crippen LogP contribution in [-0.4, -0.2) is 68.8 Å². The van der Waals surface area contributed by atoms with Gasteiger partial charge in [0.2, 0.25) is 21.8 Å². The number of anilines is 1. The molecule has 8 nitrogen and oxygen atoms in total. The summed E-state index contributed by atoms with van der Waals surface area (Å²) in [5.74, 6) is -0.728. The number of piperidine rings is 1. The van der Waals surface area contributed by atoms with Crippen molar-refractivity contribution in [1.29, 1.82) is 0 Å². The molecule has 1 aromatic carbocycles. The van der Waals surface area contributed by atoms with Gasteiger partial charge in [0, 0.05) is 38.9 Å². The van der Waals surface area contributed by atoms with Crippen molar-refractivity contribution in [2.45, 2.75) is 43.5 Å². The summed E-state index contributed by atoms with van der Waals surface area (Å²) in [7, 11) is -1.92. The number of benzene rings is 1. The van der Waals surface area contributed by atoms with Gasteiger partial charge >= 0.3 is 0 Å². The summed E-state index contributed by atoms with van der Waals surface area (Å²) < 4.78 is 32.0. The molecule has 0 aliphatic carbocycles. The molecule has 2 aliphatic heterocycles. The Hall–Kier alpha value is -1.97. The average Bonchev–Trinajstić information content (AvgIpc) is 3.11. The van der Waals surface area contributed by atoms with Crippen LogP contribution in [0.3, 0.4) is 0 Å².